The number of ether oxygens (including phenoxy) is 1. The molecule has 0 bridgehead atoms. The van der Waals surface area contributed by atoms with E-state index in [0.717, 1.165) is 37.1 Å². The molecule has 4 rings (SSSR count). The Bertz CT molecular complexity index is 686. The summed E-state index contributed by atoms with van der Waals surface area (Å²) in [6, 6.07) is 10.4. The quantitative estimate of drug-likeness (QED) is 0.901. The molecule has 5 heteroatoms. The number of likely N-dealkylation sites (tertiary alicyclic amines) is 1. The maximum Gasteiger partial charge on any atom is 0.318 e. The van der Waals surface area contributed by atoms with E-state index in [9.17, 15) is 4.79 Å². The first-order chi connectivity index (χ1) is 11.3. The van der Waals surface area contributed by atoms with Crippen LogP contribution in [0.4, 0.5) is 4.79 Å². The lowest BCUT2D eigenvalue weighted by Crippen LogP contribution is -2.42. The number of fused-ring (bicyclic) bond motifs is 1. The first-order valence-corrected chi connectivity index (χ1v) is 9.08. The Kier molecular flexibility index (Phi) is 3.95. The van der Waals surface area contributed by atoms with E-state index in [4.69, 9.17) is 4.74 Å². The molecule has 120 valence electrons. The average molecular weight is 328 g/mol. The molecule has 0 saturated carbocycles. The van der Waals surface area contributed by atoms with Crippen molar-refractivity contribution in [3.05, 3.63) is 52.2 Å². The van der Waals surface area contributed by atoms with Gasteiger partial charge in [0.15, 0.2) is 0 Å². The summed E-state index contributed by atoms with van der Waals surface area (Å²) in [6.07, 6.45) is 2.94. The molecule has 2 atom stereocenters. The van der Waals surface area contributed by atoms with E-state index in [0.29, 0.717) is 6.61 Å². The number of amides is 2. The lowest BCUT2D eigenvalue weighted by atomic mass is 10.0. The maximum absolute atomic E-state index is 12.8. The molecular formula is C18H20N2O2S. The van der Waals surface area contributed by atoms with Crippen molar-refractivity contribution in [3.8, 4) is 5.75 Å². The van der Waals surface area contributed by atoms with Gasteiger partial charge >= 0.3 is 6.03 Å². The van der Waals surface area contributed by atoms with Crippen LogP contribution in [-0.2, 0) is 0 Å². The van der Waals surface area contributed by atoms with Gasteiger partial charge < -0.3 is 15.0 Å². The Labute approximate surface area is 140 Å². The zero-order valence-corrected chi connectivity index (χ0v) is 13.7. The van der Waals surface area contributed by atoms with Crippen molar-refractivity contribution in [2.24, 2.45) is 0 Å². The zero-order chi connectivity index (χ0) is 15.6. The lowest BCUT2D eigenvalue weighted by Gasteiger charge is -2.30. The second kappa shape index (κ2) is 6.24. The molecule has 23 heavy (non-hydrogen) atoms. The molecule has 4 nitrogen and oxygen atoms in total. The van der Waals surface area contributed by atoms with Gasteiger partial charge in [-0.3, -0.25) is 0 Å². The van der Waals surface area contributed by atoms with Crippen molar-refractivity contribution in [3.63, 3.8) is 0 Å². The number of carbonyl (C=O) groups is 1. The fraction of sp³-hybridized carbons (Fsp3) is 0.389. The van der Waals surface area contributed by atoms with Gasteiger partial charge in [-0.2, -0.15) is 11.3 Å². The molecule has 1 aromatic heterocycles. The predicted octanol–water partition coefficient (Wildman–Crippen LogP) is 4.12. The molecule has 2 aromatic rings. The number of rotatable bonds is 2. The predicted molar refractivity (Wildman–Crippen MR) is 90.8 cm³/mol. The molecule has 0 unspecified atom stereocenters. The Balaban J connectivity index is 1.50. The van der Waals surface area contributed by atoms with Gasteiger partial charge in [0.1, 0.15) is 5.75 Å². The summed E-state index contributed by atoms with van der Waals surface area (Å²) in [4.78, 5) is 14.8. The third-order valence-electron chi connectivity index (χ3n) is 4.70. The molecule has 0 spiro atoms. The van der Waals surface area contributed by atoms with E-state index in [2.05, 4.69) is 22.1 Å². The van der Waals surface area contributed by atoms with Crippen LogP contribution < -0.4 is 10.1 Å². The molecule has 1 N–H and O–H groups in total. The number of benzene rings is 1. The number of urea groups is 1. The summed E-state index contributed by atoms with van der Waals surface area (Å²) in [5, 5.41) is 7.45. The van der Waals surface area contributed by atoms with Gasteiger partial charge in [0, 0.05) is 18.5 Å². The minimum atomic E-state index is 0.0381. The Morgan fingerprint density at radius 2 is 2.17 bits per heavy atom. The standard InChI is InChI=1S/C18H20N2O2S/c21-18(20-9-3-5-16(20)13-8-11-23-12-13)19-15-7-10-22-17-6-2-1-4-14(15)17/h1-2,4,6,8,11-12,15-16H,3,5,7,9-10H2,(H,19,21)/t15-,16+/m0/s1. The van der Waals surface area contributed by atoms with Crippen LogP contribution in [0, 0.1) is 0 Å². The van der Waals surface area contributed by atoms with Crippen LogP contribution in [0.2, 0.25) is 0 Å². The number of hydrogen-bond donors (Lipinski definition) is 1. The highest BCUT2D eigenvalue weighted by molar-refractivity contribution is 7.07. The Hall–Kier alpha value is -2.01. The van der Waals surface area contributed by atoms with Crippen LogP contribution in [0.3, 0.4) is 0 Å². The van der Waals surface area contributed by atoms with Crippen molar-refractivity contribution in [1.82, 2.24) is 10.2 Å². The molecule has 2 aliphatic heterocycles. The van der Waals surface area contributed by atoms with E-state index < -0.39 is 0 Å². The zero-order valence-electron chi connectivity index (χ0n) is 12.9. The molecule has 0 radical (unpaired) electrons. The molecule has 2 amide bonds. The van der Waals surface area contributed by atoms with Gasteiger partial charge in [-0.1, -0.05) is 18.2 Å². The maximum atomic E-state index is 12.8. The first-order valence-electron chi connectivity index (χ1n) is 8.14. The molecular weight excluding hydrogens is 308 g/mol. The smallest absolute Gasteiger partial charge is 0.318 e. The third kappa shape index (κ3) is 2.81. The van der Waals surface area contributed by atoms with Crippen LogP contribution in [0.1, 0.15) is 42.5 Å². The molecule has 2 aliphatic rings. The molecule has 1 saturated heterocycles. The monoisotopic (exact) mass is 328 g/mol. The van der Waals surface area contributed by atoms with Crippen LogP contribution in [-0.4, -0.2) is 24.1 Å². The largest absolute Gasteiger partial charge is 0.493 e. The summed E-state index contributed by atoms with van der Waals surface area (Å²) in [7, 11) is 0. The highest BCUT2D eigenvalue weighted by Crippen LogP contribution is 2.35. The van der Waals surface area contributed by atoms with Gasteiger partial charge in [0.25, 0.3) is 0 Å². The van der Waals surface area contributed by atoms with Crippen LogP contribution >= 0.6 is 11.3 Å². The number of nitrogens with zero attached hydrogens (tertiary/aromatic N) is 1. The van der Waals surface area contributed by atoms with Crippen LogP contribution in [0.5, 0.6) is 5.75 Å². The summed E-state index contributed by atoms with van der Waals surface area (Å²) in [6.45, 7) is 1.48. The minimum Gasteiger partial charge on any atom is -0.493 e. The SMILES string of the molecule is O=C(N[C@H]1CCOc2ccccc21)N1CCC[C@@H]1c1ccsc1. The second-order valence-corrected chi connectivity index (χ2v) is 6.87. The van der Waals surface area contributed by atoms with Gasteiger partial charge in [-0.25, -0.2) is 4.79 Å². The van der Waals surface area contributed by atoms with Crippen LogP contribution in [0.15, 0.2) is 41.1 Å². The second-order valence-electron chi connectivity index (χ2n) is 6.09. The average Bonchev–Trinajstić information content (AvgIpc) is 3.26. The van der Waals surface area contributed by atoms with Crippen LogP contribution in [0.25, 0.3) is 0 Å². The summed E-state index contributed by atoms with van der Waals surface area (Å²) >= 11 is 1.69. The van der Waals surface area contributed by atoms with E-state index in [1.807, 2.05) is 29.2 Å². The third-order valence-corrected chi connectivity index (χ3v) is 5.40. The molecule has 1 aromatic carbocycles. The summed E-state index contributed by atoms with van der Waals surface area (Å²) < 4.78 is 5.68. The number of thiophene rings is 1. The van der Waals surface area contributed by atoms with Gasteiger partial charge in [-0.15, -0.1) is 0 Å². The van der Waals surface area contributed by atoms with E-state index in [-0.39, 0.29) is 18.1 Å². The Morgan fingerprint density at radius 3 is 3.04 bits per heavy atom. The van der Waals surface area contributed by atoms with Crippen molar-refractivity contribution >= 4 is 17.4 Å². The molecule has 3 heterocycles. The van der Waals surface area contributed by atoms with E-state index in [1.165, 1.54) is 5.56 Å². The highest BCUT2D eigenvalue weighted by Gasteiger charge is 2.32. The minimum absolute atomic E-state index is 0.0381. The fourth-order valence-corrected chi connectivity index (χ4v) is 4.25. The van der Waals surface area contributed by atoms with E-state index >= 15 is 0 Å². The fourth-order valence-electron chi connectivity index (χ4n) is 3.54. The van der Waals surface area contributed by atoms with Crippen molar-refractivity contribution in [2.45, 2.75) is 31.3 Å². The normalized spacial score (nSPS) is 23.2. The number of carbonyl (C=O) groups excluding carboxylic acids is 1. The first kappa shape index (κ1) is 14.6. The van der Waals surface area contributed by atoms with Crippen molar-refractivity contribution in [1.29, 1.82) is 0 Å². The van der Waals surface area contributed by atoms with Gasteiger partial charge in [-0.05, 0) is 41.3 Å². The van der Waals surface area contributed by atoms with Gasteiger partial charge in [0.2, 0.25) is 0 Å². The summed E-state index contributed by atoms with van der Waals surface area (Å²) in [5.74, 6) is 0.889. The molecule has 0 aliphatic carbocycles. The number of hydrogen-bond acceptors (Lipinski definition) is 3. The number of para-hydroxylation sites is 1. The van der Waals surface area contributed by atoms with Crippen molar-refractivity contribution in [2.75, 3.05) is 13.2 Å². The lowest BCUT2D eigenvalue weighted by molar-refractivity contribution is 0.182. The number of nitrogens with one attached hydrogen (secondary N) is 1. The van der Waals surface area contributed by atoms with Crippen molar-refractivity contribution < 1.29 is 9.53 Å². The Morgan fingerprint density at radius 1 is 1.26 bits per heavy atom. The molecule has 1 fully saturated rings. The van der Waals surface area contributed by atoms with Gasteiger partial charge in [0.05, 0.1) is 18.7 Å². The topological polar surface area (TPSA) is 41.6 Å². The summed E-state index contributed by atoms with van der Waals surface area (Å²) in [5.41, 5.74) is 2.34. The highest BCUT2D eigenvalue weighted by atomic mass is 32.1. The van der Waals surface area contributed by atoms with E-state index in [1.54, 1.807) is 11.3 Å².